The Bertz CT molecular complexity index is 418. The van der Waals surface area contributed by atoms with Crippen LogP contribution in [-0.2, 0) is 0 Å². The van der Waals surface area contributed by atoms with E-state index in [-0.39, 0.29) is 11.1 Å². The Morgan fingerprint density at radius 3 is 1.43 bits per heavy atom. The average molecular weight is 308 g/mol. The van der Waals surface area contributed by atoms with Crippen LogP contribution in [0.4, 0.5) is 0 Å². The zero-order valence-corrected chi connectivity index (χ0v) is 12.6. The molecule has 1 aromatic carbocycles. The molecule has 21 heavy (non-hydrogen) atoms. The van der Waals surface area contributed by atoms with E-state index in [1.54, 1.807) is 10.8 Å². The smallest absolute Gasteiger partial charge is 0.335 e. The maximum Gasteiger partial charge on any atom is 0.335 e. The molecule has 0 atom stereocenters. The Labute approximate surface area is 129 Å². The number of aromatic carboxylic acids is 2. The topological polar surface area (TPSA) is 74.6 Å². The quantitative estimate of drug-likeness (QED) is 0.789. The Morgan fingerprint density at radius 1 is 0.905 bits per heavy atom. The second-order valence-electron chi connectivity index (χ2n) is 2.66. The zero-order valence-electron chi connectivity index (χ0n) is 11.8. The summed E-state index contributed by atoms with van der Waals surface area (Å²) in [6.07, 6.45) is 0. The number of hydrogen-bond donors (Lipinski definition) is 2. The van der Waals surface area contributed by atoms with E-state index >= 15 is 0 Å². The second kappa shape index (κ2) is 17.5. The van der Waals surface area contributed by atoms with Crippen LogP contribution in [0.15, 0.2) is 74.6 Å². The number of carboxylic acid groups (broad SMARTS) is 2. The molecule has 1 rings (SSSR count). The molecule has 0 aromatic heterocycles. The van der Waals surface area contributed by atoms with Crippen molar-refractivity contribution in [3.8, 4) is 0 Å². The Hall–Kier alpha value is -2.53. The molecule has 0 aliphatic carbocycles. The van der Waals surface area contributed by atoms with Gasteiger partial charge < -0.3 is 10.2 Å². The number of thioether (sulfide) groups is 1. The fourth-order valence-electron chi connectivity index (χ4n) is 0.853. The SMILES string of the molecule is C=C.C=C.C=CSC=C.O=C(O)c1cccc(C(=O)O)c1. The van der Waals surface area contributed by atoms with Crippen LogP contribution in [0.25, 0.3) is 0 Å². The first-order chi connectivity index (χ1) is 10.0. The monoisotopic (exact) mass is 308 g/mol. The Balaban J connectivity index is -0.000000304. The molecule has 0 amide bonds. The molecule has 4 nitrogen and oxygen atoms in total. The summed E-state index contributed by atoms with van der Waals surface area (Å²) in [6.45, 7) is 18.9. The van der Waals surface area contributed by atoms with E-state index in [2.05, 4.69) is 39.5 Å². The molecule has 0 saturated heterocycles. The van der Waals surface area contributed by atoms with E-state index in [0.29, 0.717) is 0 Å². The molecular formula is C16H20O4S. The summed E-state index contributed by atoms with van der Waals surface area (Å²) in [7, 11) is 0. The molecule has 0 aliphatic rings. The van der Waals surface area contributed by atoms with Crippen LogP contribution >= 0.6 is 11.8 Å². The molecular weight excluding hydrogens is 288 g/mol. The summed E-state index contributed by atoms with van der Waals surface area (Å²) in [6, 6.07) is 5.20. The minimum atomic E-state index is -1.13. The van der Waals surface area contributed by atoms with Crippen molar-refractivity contribution < 1.29 is 19.8 Å². The largest absolute Gasteiger partial charge is 0.478 e. The summed E-state index contributed by atoms with van der Waals surface area (Å²) < 4.78 is 0. The van der Waals surface area contributed by atoms with E-state index in [0.717, 1.165) is 6.07 Å². The van der Waals surface area contributed by atoms with E-state index in [9.17, 15) is 9.59 Å². The van der Waals surface area contributed by atoms with Gasteiger partial charge >= 0.3 is 11.9 Å². The molecule has 0 spiro atoms. The lowest BCUT2D eigenvalue weighted by Crippen LogP contribution is -2.01. The van der Waals surface area contributed by atoms with Crippen LogP contribution in [0.1, 0.15) is 20.7 Å². The van der Waals surface area contributed by atoms with E-state index < -0.39 is 11.9 Å². The van der Waals surface area contributed by atoms with Crippen molar-refractivity contribution in [3.63, 3.8) is 0 Å². The van der Waals surface area contributed by atoms with Crippen LogP contribution < -0.4 is 0 Å². The molecule has 0 radical (unpaired) electrons. The van der Waals surface area contributed by atoms with Crippen molar-refractivity contribution in [2.45, 2.75) is 0 Å². The second-order valence-corrected chi connectivity index (χ2v) is 3.60. The molecule has 5 heteroatoms. The van der Waals surface area contributed by atoms with Gasteiger partial charge in [0.1, 0.15) is 0 Å². The van der Waals surface area contributed by atoms with Gasteiger partial charge in [-0.05, 0) is 29.0 Å². The van der Waals surface area contributed by atoms with Gasteiger partial charge in [-0.15, -0.1) is 38.1 Å². The minimum Gasteiger partial charge on any atom is -0.478 e. The predicted molar refractivity (Wildman–Crippen MR) is 90.9 cm³/mol. The first kappa shape index (κ1) is 23.6. The molecule has 0 fully saturated rings. The van der Waals surface area contributed by atoms with Crippen LogP contribution in [0.5, 0.6) is 0 Å². The van der Waals surface area contributed by atoms with Crippen molar-refractivity contribution in [1.29, 1.82) is 0 Å². The molecule has 0 saturated carbocycles. The van der Waals surface area contributed by atoms with E-state index in [1.165, 1.54) is 30.0 Å². The fourth-order valence-corrected chi connectivity index (χ4v) is 0.989. The van der Waals surface area contributed by atoms with Gasteiger partial charge in [-0.2, -0.15) is 0 Å². The zero-order chi connectivity index (χ0) is 17.3. The van der Waals surface area contributed by atoms with Crippen molar-refractivity contribution in [2.24, 2.45) is 0 Å². The van der Waals surface area contributed by atoms with Crippen LogP contribution in [0.3, 0.4) is 0 Å². The van der Waals surface area contributed by atoms with Crippen LogP contribution in [0, 0.1) is 0 Å². The summed E-state index contributed by atoms with van der Waals surface area (Å²) in [5.41, 5.74) is -0.0372. The predicted octanol–water partition coefficient (Wildman–Crippen LogP) is 4.69. The first-order valence-corrected chi connectivity index (χ1v) is 6.41. The van der Waals surface area contributed by atoms with Gasteiger partial charge in [0, 0.05) is 0 Å². The number of rotatable bonds is 4. The van der Waals surface area contributed by atoms with Gasteiger partial charge in [-0.3, -0.25) is 0 Å². The summed E-state index contributed by atoms with van der Waals surface area (Å²) in [5, 5.41) is 20.5. The van der Waals surface area contributed by atoms with Crippen LogP contribution in [-0.4, -0.2) is 22.2 Å². The van der Waals surface area contributed by atoms with Gasteiger partial charge in [0.15, 0.2) is 0 Å². The highest BCUT2D eigenvalue weighted by Crippen LogP contribution is 2.04. The third kappa shape index (κ3) is 13.7. The molecule has 1 aromatic rings. The summed E-state index contributed by atoms with van der Waals surface area (Å²) in [4.78, 5) is 20.8. The maximum absolute atomic E-state index is 10.4. The van der Waals surface area contributed by atoms with Crippen LogP contribution in [0.2, 0.25) is 0 Å². The lowest BCUT2D eigenvalue weighted by atomic mass is 10.1. The lowest BCUT2D eigenvalue weighted by molar-refractivity contribution is 0.0696. The lowest BCUT2D eigenvalue weighted by Gasteiger charge is -1.95. The third-order valence-electron chi connectivity index (χ3n) is 1.55. The highest BCUT2D eigenvalue weighted by molar-refractivity contribution is 8.04. The first-order valence-electron chi connectivity index (χ1n) is 5.46. The molecule has 0 heterocycles. The average Bonchev–Trinajstić information content (AvgIpc) is 2.53. The number of benzene rings is 1. The van der Waals surface area contributed by atoms with Crippen molar-refractivity contribution in [2.75, 3.05) is 0 Å². The van der Waals surface area contributed by atoms with E-state index in [1.807, 2.05) is 0 Å². The van der Waals surface area contributed by atoms with Crippen molar-refractivity contribution >= 4 is 23.7 Å². The number of carbonyl (C=O) groups is 2. The van der Waals surface area contributed by atoms with Gasteiger partial charge in [-0.1, -0.05) is 19.2 Å². The summed E-state index contributed by atoms with van der Waals surface area (Å²) >= 11 is 1.49. The van der Waals surface area contributed by atoms with Gasteiger partial charge in [0.25, 0.3) is 0 Å². The summed E-state index contributed by atoms with van der Waals surface area (Å²) in [5.74, 6) is -2.25. The Morgan fingerprint density at radius 2 is 1.24 bits per heavy atom. The van der Waals surface area contributed by atoms with Gasteiger partial charge in [0.05, 0.1) is 11.1 Å². The minimum absolute atomic E-state index is 0.0186. The standard InChI is InChI=1S/C8H6O4.C4H6S.2C2H4/c9-7(10)5-2-1-3-6(4-5)8(11)12;1-3-5-4-2;2*1-2/h1-4H,(H,9,10)(H,11,12);3-4H,1-2H2;2*1-2H2. The fraction of sp³-hybridized carbons (Fsp3) is 0. The van der Waals surface area contributed by atoms with Crippen molar-refractivity contribution in [1.82, 2.24) is 0 Å². The highest BCUT2D eigenvalue weighted by Gasteiger charge is 2.06. The molecule has 114 valence electrons. The number of carboxylic acids is 2. The maximum atomic E-state index is 10.4. The Kier molecular flexibility index (Phi) is 19.6. The molecule has 0 aliphatic heterocycles. The normalized spacial score (nSPS) is 7.24. The van der Waals surface area contributed by atoms with Gasteiger partial charge in [-0.25, -0.2) is 9.59 Å². The van der Waals surface area contributed by atoms with E-state index in [4.69, 9.17) is 10.2 Å². The highest BCUT2D eigenvalue weighted by atomic mass is 32.2. The molecule has 2 N–H and O–H groups in total. The molecule has 0 unspecified atom stereocenters. The number of hydrogen-bond acceptors (Lipinski definition) is 3. The molecule has 0 bridgehead atoms. The third-order valence-corrected chi connectivity index (χ3v) is 1.93. The van der Waals surface area contributed by atoms with Crippen molar-refractivity contribution in [3.05, 3.63) is 85.7 Å². The van der Waals surface area contributed by atoms with Gasteiger partial charge in [0.2, 0.25) is 0 Å².